The summed E-state index contributed by atoms with van der Waals surface area (Å²) in [5.41, 5.74) is 2.42. The van der Waals surface area contributed by atoms with Gasteiger partial charge in [-0.1, -0.05) is 48.9 Å². The van der Waals surface area contributed by atoms with E-state index in [0.717, 1.165) is 5.57 Å². The minimum Gasteiger partial charge on any atom is -0.386 e. The molecule has 1 aliphatic carbocycles. The molecule has 0 amide bonds. The summed E-state index contributed by atoms with van der Waals surface area (Å²) in [6.07, 6.45) is 7.85. The predicted octanol–water partition coefficient (Wildman–Crippen LogP) is 3.70. The number of aliphatic hydroxyl groups is 1. The number of rotatable bonds is 2. The number of halogens is 1. The van der Waals surface area contributed by atoms with Crippen molar-refractivity contribution in [1.29, 1.82) is 0 Å². The van der Waals surface area contributed by atoms with Gasteiger partial charge >= 0.3 is 0 Å². The Bertz CT molecular complexity index is 465. The van der Waals surface area contributed by atoms with Crippen LogP contribution in [0.3, 0.4) is 0 Å². The molecule has 0 radical (unpaired) electrons. The van der Waals surface area contributed by atoms with Crippen molar-refractivity contribution in [2.24, 2.45) is 5.41 Å². The zero-order valence-electron chi connectivity index (χ0n) is 11.1. The number of alkyl halides is 1. The van der Waals surface area contributed by atoms with E-state index in [4.69, 9.17) is 0 Å². The molecule has 1 heterocycles. The molecule has 2 nitrogen and oxygen atoms in total. The van der Waals surface area contributed by atoms with Crippen molar-refractivity contribution in [3.8, 4) is 0 Å². The van der Waals surface area contributed by atoms with Crippen LogP contribution in [0, 0.1) is 5.41 Å². The Balaban J connectivity index is 2.42. The smallest absolute Gasteiger partial charge is 0.100 e. The highest BCUT2D eigenvalue weighted by molar-refractivity contribution is 9.09. The van der Waals surface area contributed by atoms with Crippen molar-refractivity contribution >= 4 is 15.9 Å². The molecule has 18 heavy (non-hydrogen) atoms. The maximum Gasteiger partial charge on any atom is 0.100 e. The highest BCUT2D eigenvalue weighted by Crippen LogP contribution is 2.36. The van der Waals surface area contributed by atoms with Gasteiger partial charge in [-0.25, -0.2) is 0 Å². The van der Waals surface area contributed by atoms with Gasteiger partial charge < -0.3 is 9.67 Å². The van der Waals surface area contributed by atoms with E-state index >= 15 is 0 Å². The average molecular weight is 310 g/mol. The number of hydrogen-bond acceptors (Lipinski definition) is 1. The lowest BCUT2D eigenvalue weighted by molar-refractivity contribution is 0.164. The second kappa shape index (κ2) is 5.06. The molecule has 1 aromatic heterocycles. The monoisotopic (exact) mass is 309 g/mol. The van der Waals surface area contributed by atoms with Crippen molar-refractivity contribution in [3.63, 3.8) is 0 Å². The molecular weight excluding hydrogens is 290 g/mol. The summed E-state index contributed by atoms with van der Waals surface area (Å²) >= 11 is 3.47. The van der Waals surface area contributed by atoms with Crippen molar-refractivity contribution in [1.82, 2.24) is 4.57 Å². The highest BCUT2D eigenvalue weighted by atomic mass is 79.9. The SMILES string of the molecule is CC(C)(C)C1=CC(n2cccc2)C(O)C(CBr)=C1. The van der Waals surface area contributed by atoms with Crippen LogP contribution in [0.15, 0.2) is 47.8 Å². The zero-order chi connectivity index (χ0) is 13.3. The van der Waals surface area contributed by atoms with Crippen LogP contribution in [0.1, 0.15) is 26.8 Å². The molecular formula is C15H20BrNO. The summed E-state index contributed by atoms with van der Waals surface area (Å²) in [5, 5.41) is 11.1. The molecule has 3 heteroatoms. The first kappa shape index (κ1) is 13.6. The first-order valence-electron chi connectivity index (χ1n) is 6.22. The molecule has 1 aromatic rings. The van der Waals surface area contributed by atoms with Crippen LogP contribution in [0.4, 0.5) is 0 Å². The Labute approximate surface area is 117 Å². The van der Waals surface area contributed by atoms with E-state index in [1.54, 1.807) is 0 Å². The molecule has 1 N–H and O–H groups in total. The minimum atomic E-state index is -0.456. The predicted molar refractivity (Wildman–Crippen MR) is 78.9 cm³/mol. The third kappa shape index (κ3) is 2.62. The van der Waals surface area contributed by atoms with E-state index in [2.05, 4.69) is 53.4 Å². The maximum atomic E-state index is 10.4. The second-order valence-electron chi connectivity index (χ2n) is 5.79. The van der Waals surface area contributed by atoms with Crippen molar-refractivity contribution in [2.75, 3.05) is 5.33 Å². The van der Waals surface area contributed by atoms with E-state index in [9.17, 15) is 5.11 Å². The van der Waals surface area contributed by atoms with Crippen LogP contribution in [-0.4, -0.2) is 21.1 Å². The topological polar surface area (TPSA) is 25.2 Å². The molecule has 1 aliphatic rings. The van der Waals surface area contributed by atoms with Gasteiger partial charge in [0.2, 0.25) is 0 Å². The van der Waals surface area contributed by atoms with Crippen LogP contribution < -0.4 is 0 Å². The van der Waals surface area contributed by atoms with E-state index in [1.165, 1.54) is 5.57 Å². The van der Waals surface area contributed by atoms with E-state index in [1.807, 2.05) is 24.5 Å². The second-order valence-corrected chi connectivity index (χ2v) is 6.35. The molecule has 0 aliphatic heterocycles. The van der Waals surface area contributed by atoms with E-state index in [-0.39, 0.29) is 11.5 Å². The van der Waals surface area contributed by atoms with Gasteiger partial charge in [-0.15, -0.1) is 0 Å². The Morgan fingerprint density at radius 2 is 1.89 bits per heavy atom. The molecule has 0 bridgehead atoms. The lowest BCUT2D eigenvalue weighted by Crippen LogP contribution is -2.29. The third-order valence-corrected chi connectivity index (χ3v) is 4.03. The number of aliphatic hydroxyl groups excluding tert-OH is 1. The molecule has 2 atom stereocenters. The summed E-state index contributed by atoms with van der Waals surface area (Å²) in [6.45, 7) is 6.60. The fourth-order valence-electron chi connectivity index (χ4n) is 2.21. The Hall–Kier alpha value is -0.800. The van der Waals surface area contributed by atoms with Gasteiger partial charge in [-0.05, 0) is 28.7 Å². The highest BCUT2D eigenvalue weighted by Gasteiger charge is 2.29. The lowest BCUT2D eigenvalue weighted by Gasteiger charge is -2.32. The zero-order valence-corrected chi connectivity index (χ0v) is 12.7. The lowest BCUT2D eigenvalue weighted by atomic mass is 9.80. The number of hydrogen-bond donors (Lipinski definition) is 1. The summed E-state index contributed by atoms with van der Waals surface area (Å²) in [6, 6.07) is 3.97. The standard InChI is InChI=1S/C15H20BrNO/c1-15(2,3)12-8-11(10-16)14(18)13(9-12)17-6-4-5-7-17/h4-9,13-14,18H,10H2,1-3H3. The van der Waals surface area contributed by atoms with Crippen LogP contribution in [0.2, 0.25) is 0 Å². The van der Waals surface area contributed by atoms with Crippen molar-refractivity contribution in [3.05, 3.63) is 47.8 Å². The molecule has 98 valence electrons. The Kier molecular flexibility index (Phi) is 3.83. The van der Waals surface area contributed by atoms with Gasteiger partial charge in [-0.3, -0.25) is 0 Å². The fourth-order valence-corrected chi connectivity index (χ4v) is 2.70. The van der Waals surface area contributed by atoms with Crippen LogP contribution in [0.25, 0.3) is 0 Å². The third-order valence-electron chi connectivity index (χ3n) is 3.39. The molecule has 0 spiro atoms. The quantitative estimate of drug-likeness (QED) is 0.828. The Morgan fingerprint density at radius 1 is 1.28 bits per heavy atom. The number of allylic oxidation sites excluding steroid dienone is 2. The molecule has 0 saturated heterocycles. The van der Waals surface area contributed by atoms with Gasteiger partial charge in [0.1, 0.15) is 6.10 Å². The molecule has 2 unspecified atom stereocenters. The minimum absolute atomic E-state index is 0.00762. The van der Waals surface area contributed by atoms with Crippen molar-refractivity contribution < 1.29 is 5.11 Å². The normalized spacial score (nSPS) is 24.7. The molecule has 2 rings (SSSR count). The maximum absolute atomic E-state index is 10.4. The largest absolute Gasteiger partial charge is 0.386 e. The van der Waals surface area contributed by atoms with Crippen molar-refractivity contribution in [2.45, 2.75) is 32.9 Å². The summed E-state index contributed by atoms with van der Waals surface area (Å²) in [5.74, 6) is 0. The van der Waals surface area contributed by atoms with Crippen LogP contribution in [-0.2, 0) is 0 Å². The van der Waals surface area contributed by atoms with E-state index in [0.29, 0.717) is 5.33 Å². The number of nitrogens with zero attached hydrogens (tertiary/aromatic N) is 1. The Morgan fingerprint density at radius 3 is 2.39 bits per heavy atom. The fraction of sp³-hybridized carbons (Fsp3) is 0.467. The van der Waals surface area contributed by atoms with Gasteiger partial charge in [0.25, 0.3) is 0 Å². The summed E-state index contributed by atoms with van der Waals surface area (Å²) in [4.78, 5) is 0. The summed E-state index contributed by atoms with van der Waals surface area (Å²) < 4.78 is 2.06. The molecule has 0 fully saturated rings. The van der Waals surface area contributed by atoms with Crippen LogP contribution >= 0.6 is 15.9 Å². The molecule has 0 aromatic carbocycles. The van der Waals surface area contributed by atoms with Crippen LogP contribution in [0.5, 0.6) is 0 Å². The van der Waals surface area contributed by atoms with Gasteiger partial charge in [0.05, 0.1) is 6.04 Å². The van der Waals surface area contributed by atoms with Gasteiger partial charge in [0, 0.05) is 17.7 Å². The average Bonchev–Trinajstić information content (AvgIpc) is 2.81. The first-order chi connectivity index (χ1) is 8.43. The summed E-state index contributed by atoms with van der Waals surface area (Å²) in [7, 11) is 0. The van der Waals surface area contributed by atoms with E-state index < -0.39 is 6.10 Å². The van der Waals surface area contributed by atoms with Gasteiger partial charge in [0.15, 0.2) is 0 Å². The number of aromatic nitrogens is 1. The molecule has 0 saturated carbocycles. The van der Waals surface area contributed by atoms with Gasteiger partial charge in [-0.2, -0.15) is 0 Å². The first-order valence-corrected chi connectivity index (χ1v) is 7.35.